The molecule has 1 aromatic rings. The average Bonchev–Trinajstić information content (AvgIpc) is 2.92. The van der Waals surface area contributed by atoms with E-state index < -0.39 is 33.5 Å². The van der Waals surface area contributed by atoms with Crippen molar-refractivity contribution in [3.8, 4) is 0 Å². The maximum Gasteiger partial charge on any atom is 0.329 e. The van der Waals surface area contributed by atoms with E-state index in [1.807, 2.05) is 0 Å². The summed E-state index contributed by atoms with van der Waals surface area (Å²) < 4.78 is 26.3. The van der Waals surface area contributed by atoms with Crippen LogP contribution in [0.1, 0.15) is 27.2 Å². The Morgan fingerprint density at radius 3 is 2.52 bits per heavy atom. The van der Waals surface area contributed by atoms with Crippen LogP contribution in [0.5, 0.6) is 0 Å². The zero-order chi connectivity index (χ0) is 16.3. The number of hydrogen-bond acceptors (Lipinski definition) is 5. The molecule has 0 aliphatic heterocycles. The highest BCUT2D eigenvalue weighted by Gasteiger charge is 2.35. The van der Waals surface area contributed by atoms with Gasteiger partial charge in [0.15, 0.2) is 0 Å². The maximum atomic E-state index is 12.0. The summed E-state index contributed by atoms with van der Waals surface area (Å²) in [4.78, 5) is 23.1. The summed E-state index contributed by atoms with van der Waals surface area (Å²) in [6.45, 7) is 4.35. The summed E-state index contributed by atoms with van der Waals surface area (Å²) in [5.41, 5.74) is -1.43. The lowest BCUT2D eigenvalue weighted by molar-refractivity contribution is -0.147. The summed E-state index contributed by atoms with van der Waals surface area (Å²) in [5, 5.41) is 13.1. The lowest BCUT2D eigenvalue weighted by Crippen LogP contribution is -2.56. The van der Waals surface area contributed by atoms with E-state index in [4.69, 9.17) is 5.11 Å². The van der Waals surface area contributed by atoms with Crippen molar-refractivity contribution in [3.05, 3.63) is 17.5 Å². The van der Waals surface area contributed by atoms with Gasteiger partial charge in [0, 0.05) is 0 Å². The molecular weight excluding hydrogens is 316 g/mol. The Bertz CT molecular complexity index is 612. The highest BCUT2D eigenvalue weighted by Crippen LogP contribution is 2.16. The third kappa shape index (κ3) is 4.26. The van der Waals surface area contributed by atoms with Gasteiger partial charge < -0.3 is 10.4 Å². The molecule has 0 fully saturated rings. The van der Waals surface area contributed by atoms with Gasteiger partial charge in [-0.3, -0.25) is 4.79 Å². The molecular formula is C12H18N2O5S2. The Hall–Kier alpha value is -1.45. The molecule has 2 atom stereocenters. The van der Waals surface area contributed by atoms with Crippen LogP contribution in [0.25, 0.3) is 0 Å². The maximum absolute atomic E-state index is 12.0. The number of amides is 1. The van der Waals surface area contributed by atoms with Crippen molar-refractivity contribution in [2.75, 3.05) is 0 Å². The van der Waals surface area contributed by atoms with Crippen LogP contribution >= 0.6 is 11.3 Å². The molecule has 1 aromatic heterocycles. The van der Waals surface area contributed by atoms with Crippen LogP contribution in [0.15, 0.2) is 21.7 Å². The van der Waals surface area contributed by atoms with Gasteiger partial charge in [-0.05, 0) is 31.7 Å². The Labute approximate surface area is 127 Å². The molecule has 1 rings (SSSR count). The fourth-order valence-electron chi connectivity index (χ4n) is 1.43. The molecule has 0 spiro atoms. The van der Waals surface area contributed by atoms with Gasteiger partial charge in [-0.2, -0.15) is 4.72 Å². The predicted molar refractivity (Wildman–Crippen MR) is 78.6 cm³/mol. The molecule has 0 bridgehead atoms. The van der Waals surface area contributed by atoms with E-state index in [9.17, 15) is 18.0 Å². The topological polar surface area (TPSA) is 113 Å². The van der Waals surface area contributed by atoms with Crippen LogP contribution in [0, 0.1) is 0 Å². The first-order valence-corrected chi connectivity index (χ1v) is 8.60. The number of aliphatic carboxylic acids is 1. The number of rotatable bonds is 7. The lowest BCUT2D eigenvalue weighted by atomic mass is 9.99. The first kappa shape index (κ1) is 17.6. The van der Waals surface area contributed by atoms with E-state index in [1.54, 1.807) is 18.4 Å². The summed E-state index contributed by atoms with van der Waals surface area (Å²) in [6.07, 6.45) is 0.179. The summed E-state index contributed by atoms with van der Waals surface area (Å²) in [7, 11) is -3.78. The summed E-state index contributed by atoms with van der Waals surface area (Å²) in [5.74, 6) is -1.87. The minimum absolute atomic E-state index is 0.0960. The molecule has 7 nitrogen and oxygen atoms in total. The van der Waals surface area contributed by atoms with Crippen molar-refractivity contribution in [3.63, 3.8) is 0 Å². The Kier molecular flexibility index (Phi) is 5.48. The van der Waals surface area contributed by atoms with Gasteiger partial charge >= 0.3 is 5.97 Å². The largest absolute Gasteiger partial charge is 0.480 e. The van der Waals surface area contributed by atoms with Gasteiger partial charge in [-0.1, -0.05) is 13.0 Å². The van der Waals surface area contributed by atoms with Crippen LogP contribution in [-0.2, 0) is 19.6 Å². The molecule has 1 amide bonds. The number of carboxylic acids is 1. The SMILES string of the molecule is CCC(C)(NC(=O)C(C)NS(=O)(=O)c1cccs1)C(=O)O. The zero-order valence-electron chi connectivity index (χ0n) is 11.9. The van der Waals surface area contributed by atoms with Crippen LogP contribution in [0.3, 0.4) is 0 Å². The fraction of sp³-hybridized carbons (Fsp3) is 0.500. The van der Waals surface area contributed by atoms with E-state index in [0.29, 0.717) is 0 Å². The van der Waals surface area contributed by atoms with Crippen molar-refractivity contribution in [2.24, 2.45) is 0 Å². The van der Waals surface area contributed by atoms with Gasteiger partial charge in [0.05, 0.1) is 6.04 Å². The minimum atomic E-state index is -3.78. The molecule has 2 unspecified atom stereocenters. The monoisotopic (exact) mass is 334 g/mol. The van der Waals surface area contributed by atoms with Crippen molar-refractivity contribution in [1.82, 2.24) is 10.0 Å². The van der Waals surface area contributed by atoms with Gasteiger partial charge in [0.1, 0.15) is 9.75 Å². The second kappa shape index (κ2) is 6.54. The van der Waals surface area contributed by atoms with E-state index in [1.165, 1.54) is 19.9 Å². The summed E-state index contributed by atoms with van der Waals surface area (Å²) in [6, 6.07) is 1.93. The first-order chi connectivity index (χ1) is 9.62. The van der Waals surface area contributed by atoms with Crippen molar-refractivity contribution in [2.45, 2.75) is 43.0 Å². The standard InChI is InChI=1S/C12H18N2O5S2/c1-4-12(3,11(16)17)13-10(15)8(2)14-21(18,19)9-6-5-7-20-9/h5-8,14H,4H2,1-3H3,(H,13,15)(H,16,17). The molecule has 0 aliphatic rings. The molecule has 1 heterocycles. The normalized spacial score (nSPS) is 16.0. The first-order valence-electron chi connectivity index (χ1n) is 6.23. The van der Waals surface area contributed by atoms with Gasteiger partial charge in [0.25, 0.3) is 10.0 Å². The predicted octanol–water partition coefficient (Wildman–Crippen LogP) is 0.784. The van der Waals surface area contributed by atoms with Crippen molar-refractivity contribution < 1.29 is 23.1 Å². The third-order valence-corrected chi connectivity index (χ3v) is 6.00. The molecule has 3 N–H and O–H groups in total. The molecule has 0 radical (unpaired) electrons. The van der Waals surface area contributed by atoms with E-state index in [2.05, 4.69) is 10.0 Å². The average molecular weight is 334 g/mol. The number of carbonyl (C=O) groups is 2. The number of sulfonamides is 1. The van der Waals surface area contributed by atoms with E-state index in [-0.39, 0.29) is 10.6 Å². The second-order valence-electron chi connectivity index (χ2n) is 4.76. The molecule has 0 aromatic carbocycles. The highest BCUT2D eigenvalue weighted by atomic mass is 32.2. The number of carboxylic acid groups (broad SMARTS) is 1. The quantitative estimate of drug-likeness (QED) is 0.682. The molecule has 0 saturated heterocycles. The van der Waals surface area contributed by atoms with Crippen LogP contribution in [0.4, 0.5) is 0 Å². The zero-order valence-corrected chi connectivity index (χ0v) is 13.5. The molecule has 9 heteroatoms. The van der Waals surface area contributed by atoms with E-state index >= 15 is 0 Å². The fourth-order valence-corrected chi connectivity index (χ4v) is 3.65. The molecule has 0 aliphatic carbocycles. The Morgan fingerprint density at radius 2 is 2.10 bits per heavy atom. The number of nitrogens with one attached hydrogen (secondary N) is 2. The Morgan fingerprint density at radius 1 is 1.48 bits per heavy atom. The number of hydrogen-bond donors (Lipinski definition) is 3. The molecule has 0 saturated carbocycles. The summed E-state index contributed by atoms with van der Waals surface area (Å²) >= 11 is 1.03. The third-order valence-electron chi connectivity index (χ3n) is 3.06. The van der Waals surface area contributed by atoms with Crippen LogP contribution < -0.4 is 10.0 Å². The van der Waals surface area contributed by atoms with Gasteiger partial charge in [-0.25, -0.2) is 13.2 Å². The van der Waals surface area contributed by atoms with Gasteiger partial charge in [-0.15, -0.1) is 11.3 Å². The van der Waals surface area contributed by atoms with Crippen LogP contribution in [0.2, 0.25) is 0 Å². The van der Waals surface area contributed by atoms with Crippen molar-refractivity contribution in [1.29, 1.82) is 0 Å². The lowest BCUT2D eigenvalue weighted by Gasteiger charge is -2.26. The van der Waals surface area contributed by atoms with Crippen LogP contribution in [-0.4, -0.2) is 37.0 Å². The van der Waals surface area contributed by atoms with Crippen molar-refractivity contribution >= 4 is 33.2 Å². The van der Waals surface area contributed by atoms with Gasteiger partial charge in [0.2, 0.25) is 5.91 Å². The smallest absolute Gasteiger partial charge is 0.329 e. The minimum Gasteiger partial charge on any atom is -0.480 e. The number of carbonyl (C=O) groups excluding carboxylic acids is 1. The number of thiophene rings is 1. The highest BCUT2D eigenvalue weighted by molar-refractivity contribution is 7.91. The second-order valence-corrected chi connectivity index (χ2v) is 7.64. The molecule has 118 valence electrons. The van der Waals surface area contributed by atoms with E-state index in [0.717, 1.165) is 11.3 Å². The molecule has 21 heavy (non-hydrogen) atoms. The Balaban J connectivity index is 2.78.